The highest BCUT2D eigenvalue weighted by molar-refractivity contribution is 5.78. The monoisotopic (exact) mass is 444 g/mol. The zero-order valence-corrected chi connectivity index (χ0v) is 17.2. The molecule has 1 aromatic rings. The van der Waals surface area contributed by atoms with Crippen molar-refractivity contribution in [2.24, 2.45) is 5.92 Å². The number of aromatic nitrogens is 2. The normalized spacial score (nSPS) is 25.9. The topological polar surface area (TPSA) is 117 Å². The van der Waals surface area contributed by atoms with Gasteiger partial charge >= 0.3 is 12.3 Å². The van der Waals surface area contributed by atoms with Crippen molar-refractivity contribution in [3.8, 4) is 0 Å². The second kappa shape index (κ2) is 10.2. The molecule has 0 bridgehead atoms. The van der Waals surface area contributed by atoms with Crippen LogP contribution in [0.5, 0.6) is 0 Å². The fraction of sp³-hybridized carbons (Fsp3) is 0.684. The van der Waals surface area contributed by atoms with E-state index in [-0.39, 0.29) is 36.6 Å². The van der Waals surface area contributed by atoms with E-state index in [4.69, 9.17) is 4.74 Å². The van der Waals surface area contributed by atoms with Gasteiger partial charge in [0.05, 0.1) is 30.4 Å². The molecule has 2 unspecified atom stereocenters. The maximum absolute atomic E-state index is 12.2. The summed E-state index contributed by atoms with van der Waals surface area (Å²) in [5.74, 6) is 0.0617. The van der Waals surface area contributed by atoms with Crippen LogP contribution in [0.2, 0.25) is 0 Å². The highest BCUT2D eigenvalue weighted by atomic mass is 19.4. The summed E-state index contributed by atoms with van der Waals surface area (Å²) in [6, 6.07) is 0.0892. The molecule has 4 N–H and O–H groups in total. The van der Waals surface area contributed by atoms with Crippen molar-refractivity contribution in [3.63, 3.8) is 0 Å². The first-order valence-corrected chi connectivity index (χ1v) is 10.3. The van der Waals surface area contributed by atoms with Crippen LogP contribution >= 0.6 is 0 Å². The molecule has 1 aliphatic carbocycles. The molecule has 1 saturated carbocycles. The maximum atomic E-state index is 12.2. The van der Waals surface area contributed by atoms with E-state index < -0.39 is 25.2 Å². The third-order valence-electron chi connectivity index (χ3n) is 5.39. The van der Waals surface area contributed by atoms with Crippen LogP contribution in [0.1, 0.15) is 43.5 Å². The van der Waals surface area contributed by atoms with Crippen molar-refractivity contribution in [1.29, 1.82) is 0 Å². The van der Waals surface area contributed by atoms with Crippen LogP contribution in [0.4, 0.5) is 18.0 Å². The Morgan fingerprint density at radius 1 is 1.19 bits per heavy atom. The average molecular weight is 444 g/mol. The number of alkyl carbamates (subject to hydrolysis) is 1. The number of ether oxygens (including phenoxy) is 1. The fourth-order valence-electron chi connectivity index (χ4n) is 3.85. The lowest BCUT2D eigenvalue weighted by molar-refractivity contribution is -0.133. The standard InChI is InChI=1S/C19H27F3N6O3/c1-11-9-25-13(10-24-11)7-17(29)26-16-8-15(27-28-16)12-2-3-14(6-12)31-18(30)23-5-4-19(20,21)22/h9-10,12,14-16,27-28H,2-8H2,1H3,(H,23,30)(H,26,29)/t12-,14+,15?,16?/m0/s1. The van der Waals surface area contributed by atoms with Crippen molar-refractivity contribution in [3.05, 3.63) is 23.8 Å². The maximum Gasteiger partial charge on any atom is 0.407 e. The Morgan fingerprint density at radius 3 is 2.71 bits per heavy atom. The van der Waals surface area contributed by atoms with Crippen LogP contribution in [-0.2, 0) is 16.0 Å². The Labute approximate surface area is 177 Å². The Kier molecular flexibility index (Phi) is 7.65. The first-order valence-electron chi connectivity index (χ1n) is 10.3. The summed E-state index contributed by atoms with van der Waals surface area (Å²) in [6.07, 6.45) is -0.699. The van der Waals surface area contributed by atoms with Gasteiger partial charge in [0.25, 0.3) is 0 Å². The van der Waals surface area contributed by atoms with Gasteiger partial charge in [-0.3, -0.25) is 20.2 Å². The summed E-state index contributed by atoms with van der Waals surface area (Å²) in [5.41, 5.74) is 7.61. The van der Waals surface area contributed by atoms with Gasteiger partial charge in [-0.1, -0.05) is 0 Å². The van der Waals surface area contributed by atoms with Crippen molar-refractivity contribution >= 4 is 12.0 Å². The average Bonchev–Trinajstić information content (AvgIpc) is 3.32. The summed E-state index contributed by atoms with van der Waals surface area (Å²) in [4.78, 5) is 32.2. The number of aryl methyl sites for hydroxylation is 1. The summed E-state index contributed by atoms with van der Waals surface area (Å²) >= 11 is 0. The van der Waals surface area contributed by atoms with Crippen molar-refractivity contribution in [1.82, 2.24) is 31.5 Å². The van der Waals surface area contributed by atoms with Crippen molar-refractivity contribution in [2.45, 2.75) is 69.9 Å². The van der Waals surface area contributed by atoms with E-state index >= 15 is 0 Å². The van der Waals surface area contributed by atoms with E-state index in [0.29, 0.717) is 25.0 Å². The smallest absolute Gasteiger partial charge is 0.407 e. The van der Waals surface area contributed by atoms with Crippen molar-refractivity contribution < 1.29 is 27.5 Å². The summed E-state index contributed by atoms with van der Waals surface area (Å²) in [6.45, 7) is 1.33. The van der Waals surface area contributed by atoms with Gasteiger partial charge in [-0.25, -0.2) is 10.2 Å². The summed E-state index contributed by atoms with van der Waals surface area (Å²) < 4.78 is 41.6. The molecule has 2 aliphatic rings. The number of hydrogen-bond donors (Lipinski definition) is 4. The first kappa shape index (κ1) is 23.2. The van der Waals surface area contributed by atoms with Gasteiger partial charge in [0, 0.05) is 25.0 Å². The minimum atomic E-state index is -4.31. The SMILES string of the molecule is Cc1cnc(CC(=O)NC2CC([C@H]3CC[C@@H](OC(=O)NCCC(F)(F)F)C3)NN2)cn1. The van der Waals surface area contributed by atoms with Gasteiger partial charge < -0.3 is 15.4 Å². The van der Waals surface area contributed by atoms with E-state index in [1.165, 1.54) is 0 Å². The molecular weight excluding hydrogens is 417 g/mol. The van der Waals surface area contributed by atoms with E-state index in [2.05, 4.69) is 31.5 Å². The van der Waals surface area contributed by atoms with Gasteiger partial charge in [0.15, 0.2) is 0 Å². The number of carbonyl (C=O) groups is 2. The molecule has 2 heterocycles. The second-order valence-corrected chi connectivity index (χ2v) is 7.97. The van der Waals surface area contributed by atoms with Gasteiger partial charge in [-0.2, -0.15) is 13.2 Å². The van der Waals surface area contributed by atoms with Gasteiger partial charge in [0.2, 0.25) is 5.91 Å². The van der Waals surface area contributed by atoms with E-state index in [1.807, 2.05) is 6.92 Å². The molecule has 172 valence electrons. The summed E-state index contributed by atoms with van der Waals surface area (Å²) in [5, 5.41) is 5.04. The molecule has 1 aromatic heterocycles. The number of halogens is 3. The van der Waals surface area contributed by atoms with E-state index in [0.717, 1.165) is 12.1 Å². The van der Waals surface area contributed by atoms with Crippen LogP contribution in [0.3, 0.4) is 0 Å². The summed E-state index contributed by atoms with van der Waals surface area (Å²) in [7, 11) is 0. The second-order valence-electron chi connectivity index (χ2n) is 7.97. The number of hydrogen-bond acceptors (Lipinski definition) is 7. The molecule has 1 aliphatic heterocycles. The number of rotatable bonds is 7. The molecule has 0 spiro atoms. The lowest BCUT2D eigenvalue weighted by atomic mass is 9.96. The molecule has 0 radical (unpaired) electrons. The van der Waals surface area contributed by atoms with Crippen LogP contribution in [0.15, 0.2) is 12.4 Å². The predicted octanol–water partition coefficient (Wildman–Crippen LogP) is 1.48. The molecule has 12 heteroatoms. The molecule has 1 saturated heterocycles. The number of amides is 2. The van der Waals surface area contributed by atoms with Gasteiger partial charge in [0.1, 0.15) is 6.10 Å². The Balaban J connectivity index is 1.35. The third kappa shape index (κ3) is 7.62. The fourth-order valence-corrected chi connectivity index (χ4v) is 3.85. The molecule has 2 amide bonds. The number of nitrogens with one attached hydrogen (secondary N) is 4. The Hall–Kier alpha value is -2.47. The molecule has 9 nitrogen and oxygen atoms in total. The number of nitrogens with zero attached hydrogens (tertiary/aromatic N) is 2. The number of hydrazine groups is 1. The zero-order chi connectivity index (χ0) is 22.4. The highest BCUT2D eigenvalue weighted by Crippen LogP contribution is 2.32. The molecule has 2 fully saturated rings. The van der Waals surface area contributed by atoms with Crippen LogP contribution in [0.25, 0.3) is 0 Å². The largest absolute Gasteiger partial charge is 0.446 e. The van der Waals surface area contributed by atoms with Crippen molar-refractivity contribution in [2.75, 3.05) is 6.54 Å². The minimum Gasteiger partial charge on any atom is -0.446 e. The molecule has 3 rings (SSSR count). The zero-order valence-electron chi connectivity index (χ0n) is 17.2. The quantitative estimate of drug-likeness (QED) is 0.503. The molecule has 31 heavy (non-hydrogen) atoms. The van der Waals surface area contributed by atoms with Gasteiger partial charge in [-0.15, -0.1) is 0 Å². The highest BCUT2D eigenvalue weighted by Gasteiger charge is 2.37. The van der Waals surface area contributed by atoms with E-state index in [1.54, 1.807) is 12.4 Å². The van der Waals surface area contributed by atoms with Crippen LogP contribution in [0, 0.1) is 12.8 Å². The Morgan fingerprint density at radius 2 is 2.00 bits per heavy atom. The lowest BCUT2D eigenvalue weighted by Gasteiger charge is -2.18. The van der Waals surface area contributed by atoms with E-state index in [9.17, 15) is 22.8 Å². The first-order chi connectivity index (χ1) is 14.7. The van der Waals surface area contributed by atoms with Crippen LogP contribution < -0.4 is 21.5 Å². The minimum absolute atomic E-state index is 0.0892. The molecular formula is C19H27F3N6O3. The number of alkyl halides is 3. The third-order valence-corrected chi connectivity index (χ3v) is 5.39. The number of carbonyl (C=O) groups excluding carboxylic acids is 2. The van der Waals surface area contributed by atoms with Gasteiger partial charge in [-0.05, 0) is 38.5 Å². The van der Waals surface area contributed by atoms with Crippen LogP contribution in [-0.4, -0.2) is 53.0 Å². The predicted molar refractivity (Wildman–Crippen MR) is 103 cm³/mol. The Bertz CT molecular complexity index is 761. The lowest BCUT2D eigenvalue weighted by Crippen LogP contribution is -2.45. The molecule has 4 atom stereocenters. The molecule has 0 aromatic carbocycles.